The number of halogens is 4. The summed E-state index contributed by atoms with van der Waals surface area (Å²) in [6.45, 7) is 10.3. The van der Waals surface area contributed by atoms with Crippen LogP contribution in [0.3, 0.4) is 0 Å². The third-order valence-electron chi connectivity index (χ3n) is 7.15. The summed E-state index contributed by atoms with van der Waals surface area (Å²) in [5, 5.41) is 3.74. The maximum absolute atomic E-state index is 14.8. The zero-order chi connectivity index (χ0) is 27.9. The summed E-state index contributed by atoms with van der Waals surface area (Å²) >= 11 is 0. The van der Waals surface area contributed by atoms with E-state index in [9.17, 15) is 22.4 Å². The van der Waals surface area contributed by atoms with Gasteiger partial charge in [-0.1, -0.05) is 6.58 Å². The van der Waals surface area contributed by atoms with E-state index in [1.54, 1.807) is 20.9 Å². The van der Waals surface area contributed by atoms with Crippen LogP contribution in [-0.4, -0.2) is 54.6 Å². The van der Waals surface area contributed by atoms with Crippen molar-refractivity contribution in [2.45, 2.75) is 25.8 Å². The van der Waals surface area contributed by atoms with Crippen LogP contribution in [0.25, 0.3) is 10.8 Å². The summed E-state index contributed by atoms with van der Waals surface area (Å²) in [5.74, 6) is 0.196. The molecule has 1 aromatic heterocycles. The molecule has 38 heavy (non-hydrogen) atoms. The van der Waals surface area contributed by atoms with Crippen molar-refractivity contribution in [1.29, 1.82) is 0 Å². The first-order valence-electron chi connectivity index (χ1n) is 12.4. The Bertz CT molecular complexity index is 1420. The molecule has 3 aromatic rings. The smallest absolute Gasteiger partial charge is 0.265 e. The van der Waals surface area contributed by atoms with E-state index in [4.69, 9.17) is 0 Å². The SMILES string of the molecule is C=C(N(C)C)N1CCN(c2cc3c(C(C)(C)Nc4ccc(F)cc4C(F)F)cc(F)cc3c(=O)n2C)CC1. The van der Waals surface area contributed by atoms with Crippen molar-refractivity contribution in [2.24, 2.45) is 7.05 Å². The Labute approximate surface area is 219 Å². The van der Waals surface area contributed by atoms with Crippen molar-refractivity contribution in [3.8, 4) is 0 Å². The van der Waals surface area contributed by atoms with Gasteiger partial charge in [0, 0.05) is 58.6 Å². The normalized spacial score (nSPS) is 14.4. The van der Waals surface area contributed by atoms with Crippen molar-refractivity contribution in [3.05, 3.63) is 81.9 Å². The molecule has 1 saturated heterocycles. The van der Waals surface area contributed by atoms with Crippen molar-refractivity contribution >= 4 is 22.3 Å². The summed E-state index contributed by atoms with van der Waals surface area (Å²) in [6.07, 6.45) is -2.91. The highest BCUT2D eigenvalue weighted by molar-refractivity contribution is 5.89. The van der Waals surface area contributed by atoms with E-state index in [1.165, 1.54) is 22.8 Å². The van der Waals surface area contributed by atoms with E-state index in [2.05, 4.69) is 21.7 Å². The monoisotopic (exact) mass is 531 g/mol. The first kappa shape index (κ1) is 27.3. The Morgan fingerprint density at radius 2 is 1.66 bits per heavy atom. The molecule has 0 spiro atoms. The Morgan fingerprint density at radius 3 is 2.26 bits per heavy atom. The number of rotatable bonds is 7. The van der Waals surface area contributed by atoms with Gasteiger partial charge in [0.1, 0.15) is 17.5 Å². The van der Waals surface area contributed by atoms with E-state index >= 15 is 0 Å². The fraction of sp³-hybridized carbons (Fsp3) is 0.393. The molecule has 1 aliphatic rings. The van der Waals surface area contributed by atoms with E-state index in [0.717, 1.165) is 18.0 Å². The molecule has 4 rings (SSSR count). The highest BCUT2D eigenvalue weighted by atomic mass is 19.3. The van der Waals surface area contributed by atoms with Gasteiger partial charge < -0.3 is 20.0 Å². The van der Waals surface area contributed by atoms with Crippen LogP contribution in [0.1, 0.15) is 31.4 Å². The zero-order valence-electron chi connectivity index (χ0n) is 22.3. The number of hydrogen-bond donors (Lipinski definition) is 1. The fourth-order valence-corrected chi connectivity index (χ4v) is 4.99. The molecule has 0 radical (unpaired) electrons. The quantitative estimate of drug-likeness (QED) is 0.422. The van der Waals surface area contributed by atoms with Gasteiger partial charge >= 0.3 is 0 Å². The van der Waals surface area contributed by atoms with Crippen LogP contribution in [0.2, 0.25) is 0 Å². The molecule has 1 aliphatic heterocycles. The van der Waals surface area contributed by atoms with Crippen LogP contribution in [0.15, 0.2) is 53.6 Å². The molecule has 0 unspecified atom stereocenters. The van der Waals surface area contributed by atoms with Crippen molar-refractivity contribution in [2.75, 3.05) is 50.5 Å². The van der Waals surface area contributed by atoms with E-state index in [1.807, 2.05) is 25.1 Å². The minimum atomic E-state index is -2.91. The lowest BCUT2D eigenvalue weighted by atomic mass is 9.89. The molecule has 1 fully saturated rings. The molecule has 204 valence electrons. The van der Waals surface area contributed by atoms with Crippen LogP contribution in [0, 0.1) is 11.6 Å². The number of fused-ring (bicyclic) bond motifs is 1. The summed E-state index contributed by atoms with van der Waals surface area (Å²) in [5.41, 5.74) is -1.48. The van der Waals surface area contributed by atoms with E-state index in [-0.39, 0.29) is 16.6 Å². The average Bonchev–Trinajstić information content (AvgIpc) is 2.86. The van der Waals surface area contributed by atoms with E-state index < -0.39 is 29.2 Å². The first-order valence-corrected chi connectivity index (χ1v) is 12.4. The molecule has 0 atom stereocenters. The molecule has 10 heteroatoms. The minimum Gasteiger partial charge on any atom is -0.376 e. The second-order valence-corrected chi connectivity index (χ2v) is 10.3. The predicted octanol–water partition coefficient (Wildman–Crippen LogP) is 5.26. The molecular weight excluding hydrogens is 498 g/mol. The molecule has 0 aliphatic carbocycles. The van der Waals surface area contributed by atoms with Gasteiger partial charge in [0.25, 0.3) is 12.0 Å². The zero-order valence-corrected chi connectivity index (χ0v) is 22.3. The number of anilines is 2. The number of pyridine rings is 1. The number of aromatic nitrogens is 1. The maximum atomic E-state index is 14.8. The first-order chi connectivity index (χ1) is 17.8. The summed E-state index contributed by atoms with van der Waals surface area (Å²) in [6, 6.07) is 7.47. The topological polar surface area (TPSA) is 43.8 Å². The number of piperazine rings is 1. The van der Waals surface area contributed by atoms with Crippen molar-refractivity contribution in [3.63, 3.8) is 0 Å². The molecule has 2 aromatic carbocycles. The average molecular weight is 532 g/mol. The molecule has 1 N–H and O–H groups in total. The van der Waals surface area contributed by atoms with Gasteiger partial charge in [0.05, 0.1) is 16.7 Å². The lowest BCUT2D eigenvalue weighted by molar-refractivity contribution is 0.151. The molecular formula is C28H33F4N5O. The third kappa shape index (κ3) is 5.16. The number of hydrogen-bond acceptors (Lipinski definition) is 5. The van der Waals surface area contributed by atoms with E-state index in [0.29, 0.717) is 42.9 Å². The molecule has 2 heterocycles. The predicted molar refractivity (Wildman–Crippen MR) is 144 cm³/mol. The van der Waals surface area contributed by atoms with Gasteiger partial charge in [-0.25, -0.2) is 17.6 Å². The van der Waals surface area contributed by atoms with Gasteiger partial charge in [-0.05, 0) is 61.2 Å². The Balaban J connectivity index is 1.77. The standard InChI is InChI=1S/C28H33F4N5O/c1-17(34(4)5)36-9-11-37(12-10-36)25-16-20-21(27(38)35(25)6)14-19(30)15-23(20)28(2,3)33-24-8-7-18(29)13-22(24)26(31)32/h7-8,13-16,26,33H,1,9-12H2,2-6H3. The number of benzene rings is 2. The Morgan fingerprint density at radius 1 is 1.00 bits per heavy atom. The highest BCUT2D eigenvalue weighted by Crippen LogP contribution is 2.36. The molecule has 0 saturated carbocycles. The number of nitrogens with zero attached hydrogens (tertiary/aromatic N) is 4. The fourth-order valence-electron chi connectivity index (χ4n) is 4.99. The van der Waals surface area contributed by atoms with Gasteiger partial charge in [-0.3, -0.25) is 9.36 Å². The van der Waals surface area contributed by atoms with Crippen molar-refractivity contribution in [1.82, 2.24) is 14.4 Å². The largest absolute Gasteiger partial charge is 0.376 e. The molecule has 6 nitrogen and oxygen atoms in total. The summed E-state index contributed by atoms with van der Waals surface area (Å²) < 4.78 is 57.3. The number of alkyl halides is 2. The van der Waals surface area contributed by atoms with Crippen LogP contribution in [0.4, 0.5) is 29.1 Å². The lowest BCUT2D eigenvalue weighted by Crippen LogP contribution is -2.48. The van der Waals surface area contributed by atoms with Crippen LogP contribution >= 0.6 is 0 Å². The number of nitrogens with one attached hydrogen (secondary N) is 1. The lowest BCUT2D eigenvalue weighted by Gasteiger charge is -2.40. The molecule has 0 amide bonds. The highest BCUT2D eigenvalue weighted by Gasteiger charge is 2.29. The maximum Gasteiger partial charge on any atom is 0.265 e. The summed E-state index contributed by atoms with van der Waals surface area (Å²) in [7, 11) is 5.53. The van der Waals surface area contributed by atoms with Crippen LogP contribution < -0.4 is 15.8 Å². The van der Waals surface area contributed by atoms with Crippen LogP contribution in [-0.2, 0) is 12.6 Å². The summed E-state index contributed by atoms with van der Waals surface area (Å²) in [4.78, 5) is 19.6. The second kappa shape index (κ2) is 10.2. The van der Waals surface area contributed by atoms with Gasteiger partial charge in [0.2, 0.25) is 0 Å². The van der Waals surface area contributed by atoms with Crippen molar-refractivity contribution < 1.29 is 17.6 Å². The Hall–Kier alpha value is -3.69. The van der Waals surface area contributed by atoms with Gasteiger partial charge in [0.15, 0.2) is 0 Å². The molecule has 0 bridgehead atoms. The van der Waals surface area contributed by atoms with Gasteiger partial charge in [-0.15, -0.1) is 0 Å². The van der Waals surface area contributed by atoms with Gasteiger partial charge in [-0.2, -0.15) is 0 Å². The van der Waals surface area contributed by atoms with Crippen LogP contribution in [0.5, 0.6) is 0 Å². The third-order valence-corrected chi connectivity index (χ3v) is 7.15. The minimum absolute atomic E-state index is 0.0325. The Kier molecular flexibility index (Phi) is 7.36. The second-order valence-electron chi connectivity index (χ2n) is 10.3.